The molecule has 0 unspecified atom stereocenters. The number of imide groups is 1. The van der Waals surface area contributed by atoms with E-state index >= 15 is 0 Å². The van der Waals surface area contributed by atoms with Crippen LogP contribution < -0.4 is 14.2 Å². The molecule has 2 saturated heterocycles. The molecule has 0 aliphatic carbocycles. The third kappa shape index (κ3) is 6.77. The number of carbonyl (C=O) groups excluding carboxylic acids is 4. The Balaban J connectivity index is 1.52. The fraction of sp³-hybridized carbons (Fsp3) is 0.308. The number of hydrogen-bond donors (Lipinski definition) is 1. The second kappa shape index (κ2) is 12.3. The number of nitrogens with one attached hydrogen (secondary N) is 1. The molecule has 2 aliphatic heterocycles. The smallest absolute Gasteiger partial charge is 0.339 e. The van der Waals surface area contributed by atoms with Gasteiger partial charge in [0.15, 0.2) is 5.75 Å². The number of rotatable bonds is 8. The lowest BCUT2D eigenvalue weighted by Gasteiger charge is -2.27. The molecule has 0 aromatic heterocycles. The first-order chi connectivity index (χ1) is 19.0. The predicted molar refractivity (Wildman–Crippen MR) is 150 cm³/mol. The lowest BCUT2D eigenvalue weighted by molar-refractivity contribution is -0.136. The molecule has 0 atom stereocenters. The van der Waals surface area contributed by atoms with Crippen LogP contribution in [0.2, 0.25) is 5.02 Å². The lowest BCUT2D eigenvalue weighted by atomic mass is 10.1. The highest BCUT2D eigenvalue weighted by Crippen LogP contribution is 2.40. The molecule has 0 bridgehead atoms. The van der Waals surface area contributed by atoms with Gasteiger partial charge in [-0.2, -0.15) is 8.42 Å². The molecule has 4 amide bonds. The Labute approximate surface area is 240 Å². The summed E-state index contributed by atoms with van der Waals surface area (Å²) in [5.74, 6) is -1.50. The van der Waals surface area contributed by atoms with E-state index in [4.69, 9.17) is 20.5 Å². The van der Waals surface area contributed by atoms with Gasteiger partial charge in [0.2, 0.25) is 17.6 Å². The molecule has 14 heteroatoms. The molecule has 2 aromatic carbocycles. The van der Waals surface area contributed by atoms with Crippen LogP contribution in [0.1, 0.15) is 31.7 Å². The lowest BCUT2D eigenvalue weighted by Crippen LogP contribution is -2.44. The zero-order chi connectivity index (χ0) is 29.0. The van der Waals surface area contributed by atoms with Gasteiger partial charge in [-0.05, 0) is 79.1 Å². The van der Waals surface area contributed by atoms with Gasteiger partial charge < -0.3 is 19.1 Å². The number of amides is 4. The predicted octanol–water partition coefficient (Wildman–Crippen LogP) is 4.12. The molecule has 4 rings (SSSR count). The molecule has 11 nitrogen and oxygen atoms in total. The number of halogens is 1. The second-order valence-corrected chi connectivity index (χ2v) is 11.9. The molecule has 2 fully saturated rings. The third-order valence-electron chi connectivity index (χ3n) is 6.08. The molecule has 0 spiro atoms. The molecular weight excluding hydrogens is 582 g/mol. The van der Waals surface area contributed by atoms with E-state index in [0.717, 1.165) is 24.2 Å². The molecular formula is C26H26ClN3O8S2. The Morgan fingerprint density at radius 1 is 1.10 bits per heavy atom. The van der Waals surface area contributed by atoms with E-state index in [1.54, 1.807) is 4.90 Å². The van der Waals surface area contributed by atoms with Gasteiger partial charge in [-0.25, -0.2) is 0 Å². The summed E-state index contributed by atoms with van der Waals surface area (Å²) in [6.45, 7) is 2.21. The summed E-state index contributed by atoms with van der Waals surface area (Å²) in [6.07, 6.45) is 4.23. The third-order valence-corrected chi connectivity index (χ3v) is 8.51. The number of thioether (sulfide) groups is 1. The molecule has 40 heavy (non-hydrogen) atoms. The number of methoxy groups -OCH3 is 1. The number of ether oxygens (including phenoxy) is 1. The van der Waals surface area contributed by atoms with E-state index in [2.05, 4.69) is 5.32 Å². The van der Waals surface area contributed by atoms with Crippen LogP contribution in [0, 0.1) is 0 Å². The molecule has 2 aromatic rings. The number of nitrogens with zero attached hydrogens (tertiary/aromatic N) is 2. The zero-order valence-electron chi connectivity index (χ0n) is 21.6. The minimum atomic E-state index is -4.33. The van der Waals surface area contributed by atoms with Gasteiger partial charge in [-0.15, -0.1) is 0 Å². The summed E-state index contributed by atoms with van der Waals surface area (Å²) in [4.78, 5) is 51.7. The van der Waals surface area contributed by atoms with Crippen LogP contribution in [-0.4, -0.2) is 67.9 Å². The standard InChI is InChI=1S/C26H26ClN3O8S2/c1-16(31)28-18-6-8-19(9-7-18)40(35,36)38-24-20(27)12-17(13-21(24)37-2)14-22-25(33)30(26(34)39-22)15-23(32)29-10-4-3-5-11-29/h6-9,12-14H,3-5,10-11,15H2,1-2H3,(H,28,31)/b22-14-. The Morgan fingerprint density at radius 2 is 1.77 bits per heavy atom. The highest BCUT2D eigenvalue weighted by molar-refractivity contribution is 8.18. The first kappa shape index (κ1) is 29.4. The fourth-order valence-electron chi connectivity index (χ4n) is 4.14. The van der Waals surface area contributed by atoms with Crippen molar-refractivity contribution in [3.63, 3.8) is 0 Å². The summed E-state index contributed by atoms with van der Waals surface area (Å²) in [7, 11) is -3.04. The highest BCUT2D eigenvalue weighted by Gasteiger charge is 2.37. The summed E-state index contributed by atoms with van der Waals surface area (Å²) >= 11 is 7.05. The molecule has 212 valence electrons. The van der Waals surface area contributed by atoms with E-state index in [1.165, 1.54) is 56.5 Å². The topological polar surface area (TPSA) is 139 Å². The maximum absolute atomic E-state index is 12.9. The number of carbonyl (C=O) groups is 4. The van der Waals surface area contributed by atoms with Gasteiger partial charge in [0, 0.05) is 25.7 Å². The van der Waals surface area contributed by atoms with Crippen LogP contribution in [0.25, 0.3) is 6.08 Å². The van der Waals surface area contributed by atoms with Crippen LogP contribution in [-0.2, 0) is 24.5 Å². The number of anilines is 1. The van der Waals surface area contributed by atoms with E-state index in [9.17, 15) is 27.6 Å². The van der Waals surface area contributed by atoms with Crippen molar-refractivity contribution in [2.75, 3.05) is 32.1 Å². The molecule has 2 aliphatic rings. The van der Waals surface area contributed by atoms with Crippen molar-refractivity contribution < 1.29 is 36.5 Å². The second-order valence-electron chi connectivity index (χ2n) is 8.99. The largest absolute Gasteiger partial charge is 0.493 e. The quantitative estimate of drug-likeness (QED) is 0.347. The van der Waals surface area contributed by atoms with Crippen molar-refractivity contribution in [3.8, 4) is 11.5 Å². The van der Waals surface area contributed by atoms with E-state index < -0.39 is 21.3 Å². The summed E-state index contributed by atoms with van der Waals surface area (Å²) < 4.78 is 36.3. The Kier molecular flexibility index (Phi) is 9.06. The Bertz CT molecular complexity index is 1490. The summed E-state index contributed by atoms with van der Waals surface area (Å²) in [6, 6.07) is 8.12. The van der Waals surface area contributed by atoms with Gasteiger partial charge in [0.05, 0.1) is 17.0 Å². The minimum absolute atomic E-state index is 0.0308. The maximum Gasteiger partial charge on any atom is 0.339 e. The monoisotopic (exact) mass is 607 g/mol. The Hall–Kier alpha value is -3.55. The van der Waals surface area contributed by atoms with Crippen LogP contribution >= 0.6 is 23.4 Å². The first-order valence-electron chi connectivity index (χ1n) is 12.2. The number of piperidine rings is 1. The molecule has 0 saturated carbocycles. The minimum Gasteiger partial charge on any atom is -0.493 e. The van der Waals surface area contributed by atoms with Crippen LogP contribution in [0.5, 0.6) is 11.5 Å². The van der Waals surface area contributed by atoms with Crippen molar-refractivity contribution in [1.29, 1.82) is 0 Å². The maximum atomic E-state index is 12.9. The van der Waals surface area contributed by atoms with Crippen molar-refractivity contribution in [3.05, 3.63) is 51.9 Å². The number of benzene rings is 2. The van der Waals surface area contributed by atoms with Gasteiger partial charge in [-0.3, -0.25) is 24.1 Å². The number of hydrogen-bond acceptors (Lipinski definition) is 9. The number of likely N-dealkylation sites (tertiary alicyclic amines) is 1. The van der Waals surface area contributed by atoms with Crippen molar-refractivity contribution in [2.24, 2.45) is 0 Å². The SMILES string of the molecule is COc1cc(/C=C2\SC(=O)N(CC(=O)N3CCCCC3)C2=O)cc(Cl)c1OS(=O)(=O)c1ccc(NC(C)=O)cc1. The van der Waals surface area contributed by atoms with Crippen molar-refractivity contribution in [2.45, 2.75) is 31.1 Å². The zero-order valence-corrected chi connectivity index (χ0v) is 24.0. The van der Waals surface area contributed by atoms with Crippen LogP contribution in [0.3, 0.4) is 0 Å². The summed E-state index contributed by atoms with van der Waals surface area (Å²) in [5, 5.41) is 1.86. The van der Waals surface area contributed by atoms with E-state index in [0.29, 0.717) is 36.1 Å². The van der Waals surface area contributed by atoms with Crippen molar-refractivity contribution in [1.82, 2.24) is 9.80 Å². The van der Waals surface area contributed by atoms with Gasteiger partial charge in [-0.1, -0.05) is 11.6 Å². The summed E-state index contributed by atoms with van der Waals surface area (Å²) in [5.41, 5.74) is 0.755. The van der Waals surface area contributed by atoms with E-state index in [1.807, 2.05) is 0 Å². The van der Waals surface area contributed by atoms with Crippen LogP contribution in [0.4, 0.5) is 10.5 Å². The van der Waals surface area contributed by atoms with Crippen molar-refractivity contribution >= 4 is 68.2 Å². The Morgan fingerprint density at radius 3 is 2.40 bits per heavy atom. The van der Waals surface area contributed by atoms with Gasteiger partial charge >= 0.3 is 10.1 Å². The molecule has 0 radical (unpaired) electrons. The van der Waals surface area contributed by atoms with E-state index in [-0.39, 0.29) is 44.7 Å². The van der Waals surface area contributed by atoms with Gasteiger partial charge in [0.25, 0.3) is 11.1 Å². The average Bonchev–Trinajstić information content (AvgIpc) is 3.17. The highest BCUT2D eigenvalue weighted by atomic mass is 35.5. The molecule has 1 N–H and O–H groups in total. The molecule has 2 heterocycles. The first-order valence-corrected chi connectivity index (χ1v) is 14.8. The van der Waals surface area contributed by atoms with Crippen LogP contribution in [0.15, 0.2) is 46.2 Å². The van der Waals surface area contributed by atoms with Gasteiger partial charge in [0.1, 0.15) is 11.4 Å². The fourth-order valence-corrected chi connectivity index (χ4v) is 6.23. The normalized spacial score (nSPS) is 16.8. The average molecular weight is 608 g/mol.